The quantitative estimate of drug-likeness (QED) is 0.624. The van der Waals surface area contributed by atoms with Crippen LogP contribution < -0.4 is 11.3 Å². The summed E-state index contributed by atoms with van der Waals surface area (Å²) < 4.78 is 0. The Hall–Kier alpha value is -1.71. The predicted molar refractivity (Wildman–Crippen MR) is 83.2 cm³/mol. The van der Waals surface area contributed by atoms with Crippen LogP contribution in [0.1, 0.15) is 49.0 Å². The Morgan fingerprint density at radius 1 is 1.05 bits per heavy atom. The van der Waals surface area contributed by atoms with Gasteiger partial charge in [-0.1, -0.05) is 44.2 Å². The average molecular weight is 269 g/mol. The van der Waals surface area contributed by atoms with Gasteiger partial charge in [-0.05, 0) is 42.0 Å². The first-order valence-electron chi connectivity index (χ1n) is 7.16. The van der Waals surface area contributed by atoms with Crippen LogP contribution in [0.4, 0.5) is 0 Å². The Bertz CT molecular complexity index is 506. The van der Waals surface area contributed by atoms with E-state index in [1.165, 1.54) is 11.1 Å². The molecule has 1 atom stereocenters. The number of hydrogen-bond donors (Lipinski definition) is 2. The van der Waals surface area contributed by atoms with Crippen LogP contribution in [0.5, 0.6) is 0 Å². The first-order chi connectivity index (χ1) is 9.70. The molecular formula is C17H23N3. The summed E-state index contributed by atoms with van der Waals surface area (Å²) in [6, 6.07) is 14.9. The first kappa shape index (κ1) is 14.7. The molecule has 2 aromatic rings. The van der Waals surface area contributed by atoms with E-state index in [0.717, 1.165) is 18.5 Å². The summed E-state index contributed by atoms with van der Waals surface area (Å²) in [5, 5.41) is 0. The molecule has 0 aliphatic rings. The largest absolute Gasteiger partial charge is 0.271 e. The van der Waals surface area contributed by atoms with Crippen molar-refractivity contribution in [3.05, 3.63) is 65.5 Å². The monoisotopic (exact) mass is 269 g/mol. The molecule has 0 aliphatic carbocycles. The lowest BCUT2D eigenvalue weighted by Crippen LogP contribution is -2.28. The van der Waals surface area contributed by atoms with E-state index in [4.69, 9.17) is 5.84 Å². The molecule has 106 valence electrons. The van der Waals surface area contributed by atoms with Crippen LogP contribution in [0.2, 0.25) is 0 Å². The summed E-state index contributed by atoms with van der Waals surface area (Å²) in [6.45, 7) is 4.41. The molecule has 20 heavy (non-hydrogen) atoms. The number of aryl methyl sites for hydroxylation is 1. The molecular weight excluding hydrogens is 246 g/mol. The minimum Gasteiger partial charge on any atom is -0.271 e. The zero-order valence-corrected chi connectivity index (χ0v) is 12.2. The summed E-state index contributed by atoms with van der Waals surface area (Å²) in [5.74, 6) is 6.25. The van der Waals surface area contributed by atoms with Gasteiger partial charge in [-0.15, -0.1) is 0 Å². The van der Waals surface area contributed by atoms with Crippen molar-refractivity contribution < 1.29 is 0 Å². The van der Waals surface area contributed by atoms with Gasteiger partial charge >= 0.3 is 0 Å². The highest BCUT2D eigenvalue weighted by Crippen LogP contribution is 2.21. The molecule has 0 fully saturated rings. The zero-order chi connectivity index (χ0) is 14.4. The van der Waals surface area contributed by atoms with Crippen molar-refractivity contribution in [3.8, 4) is 0 Å². The molecule has 1 unspecified atom stereocenters. The molecule has 3 nitrogen and oxygen atoms in total. The van der Waals surface area contributed by atoms with Crippen LogP contribution in [-0.4, -0.2) is 4.98 Å². The van der Waals surface area contributed by atoms with Crippen molar-refractivity contribution in [2.75, 3.05) is 0 Å². The molecule has 3 N–H and O–H groups in total. The third-order valence-electron chi connectivity index (χ3n) is 3.62. The van der Waals surface area contributed by atoms with Crippen molar-refractivity contribution >= 4 is 0 Å². The maximum Gasteiger partial charge on any atom is 0.0463 e. The van der Waals surface area contributed by atoms with Gasteiger partial charge in [0.05, 0.1) is 0 Å². The van der Waals surface area contributed by atoms with Crippen molar-refractivity contribution in [3.63, 3.8) is 0 Å². The predicted octanol–water partition coefficient (Wildman–Crippen LogP) is 3.34. The number of hydrazine groups is 1. The highest BCUT2D eigenvalue weighted by atomic mass is 15.2. The third-order valence-corrected chi connectivity index (χ3v) is 3.62. The Labute approximate surface area is 121 Å². The van der Waals surface area contributed by atoms with Gasteiger partial charge in [0.15, 0.2) is 0 Å². The lowest BCUT2D eigenvalue weighted by molar-refractivity contribution is 0.513. The number of nitrogens with two attached hydrogens (primary N) is 1. The highest BCUT2D eigenvalue weighted by Gasteiger charge is 2.10. The summed E-state index contributed by atoms with van der Waals surface area (Å²) >= 11 is 0. The molecule has 1 heterocycles. The molecule has 2 rings (SSSR count). The maximum atomic E-state index is 5.70. The van der Waals surface area contributed by atoms with E-state index >= 15 is 0 Å². The molecule has 0 spiro atoms. The summed E-state index contributed by atoms with van der Waals surface area (Å²) in [7, 11) is 0. The molecule has 1 aromatic heterocycles. The molecule has 0 amide bonds. The van der Waals surface area contributed by atoms with Crippen molar-refractivity contribution in [1.82, 2.24) is 10.4 Å². The molecule has 0 aliphatic heterocycles. The number of hydrogen-bond acceptors (Lipinski definition) is 3. The first-order valence-corrected chi connectivity index (χ1v) is 7.16. The second-order valence-electron chi connectivity index (χ2n) is 5.40. The number of rotatable bonds is 6. The highest BCUT2D eigenvalue weighted by molar-refractivity contribution is 5.27. The van der Waals surface area contributed by atoms with Gasteiger partial charge in [0.2, 0.25) is 0 Å². The van der Waals surface area contributed by atoms with Crippen LogP contribution >= 0.6 is 0 Å². The Morgan fingerprint density at radius 2 is 1.75 bits per heavy atom. The minimum atomic E-state index is 0.165. The van der Waals surface area contributed by atoms with E-state index in [1.54, 1.807) is 0 Å². The molecule has 1 aromatic carbocycles. The van der Waals surface area contributed by atoms with E-state index in [0.29, 0.717) is 5.92 Å². The Kier molecular flexibility index (Phi) is 5.27. The fraction of sp³-hybridized carbons (Fsp3) is 0.353. The van der Waals surface area contributed by atoms with E-state index in [2.05, 4.69) is 54.6 Å². The summed E-state index contributed by atoms with van der Waals surface area (Å²) in [4.78, 5) is 4.35. The Balaban J connectivity index is 2.01. The fourth-order valence-electron chi connectivity index (χ4n) is 2.30. The SMILES string of the molecule is CC(C)c1ccc(C(CCc2ccccn2)NN)cc1. The van der Waals surface area contributed by atoms with Crippen LogP contribution in [0.15, 0.2) is 48.7 Å². The van der Waals surface area contributed by atoms with Crippen LogP contribution in [-0.2, 0) is 6.42 Å². The van der Waals surface area contributed by atoms with E-state index < -0.39 is 0 Å². The smallest absolute Gasteiger partial charge is 0.0463 e. The number of nitrogens with one attached hydrogen (secondary N) is 1. The Morgan fingerprint density at radius 3 is 2.30 bits per heavy atom. The lowest BCUT2D eigenvalue weighted by Gasteiger charge is -2.17. The van der Waals surface area contributed by atoms with Crippen molar-refractivity contribution in [1.29, 1.82) is 0 Å². The van der Waals surface area contributed by atoms with E-state index in [9.17, 15) is 0 Å². The zero-order valence-electron chi connectivity index (χ0n) is 12.2. The number of benzene rings is 1. The van der Waals surface area contributed by atoms with Gasteiger partial charge < -0.3 is 0 Å². The van der Waals surface area contributed by atoms with Crippen LogP contribution in [0, 0.1) is 0 Å². The number of aromatic nitrogens is 1. The van der Waals surface area contributed by atoms with Crippen molar-refractivity contribution in [2.24, 2.45) is 5.84 Å². The second kappa shape index (κ2) is 7.17. The average Bonchev–Trinajstić information content (AvgIpc) is 2.49. The normalized spacial score (nSPS) is 12.6. The third kappa shape index (κ3) is 3.89. The van der Waals surface area contributed by atoms with Gasteiger partial charge in [-0.2, -0.15) is 0 Å². The van der Waals surface area contributed by atoms with E-state index in [-0.39, 0.29) is 6.04 Å². The lowest BCUT2D eigenvalue weighted by atomic mass is 9.97. The van der Waals surface area contributed by atoms with Gasteiger partial charge in [0, 0.05) is 17.9 Å². The molecule has 0 saturated heterocycles. The van der Waals surface area contributed by atoms with Gasteiger partial charge in [0.25, 0.3) is 0 Å². The number of nitrogens with zero attached hydrogens (tertiary/aromatic N) is 1. The van der Waals surface area contributed by atoms with E-state index in [1.807, 2.05) is 18.3 Å². The number of pyridine rings is 1. The van der Waals surface area contributed by atoms with Gasteiger partial charge in [0.1, 0.15) is 0 Å². The van der Waals surface area contributed by atoms with Crippen LogP contribution in [0.25, 0.3) is 0 Å². The molecule has 0 radical (unpaired) electrons. The van der Waals surface area contributed by atoms with Gasteiger partial charge in [-0.25, -0.2) is 0 Å². The van der Waals surface area contributed by atoms with Crippen molar-refractivity contribution in [2.45, 2.75) is 38.6 Å². The standard InChI is InChI=1S/C17H23N3/c1-13(2)14-6-8-15(9-7-14)17(20-18)11-10-16-5-3-4-12-19-16/h3-9,12-13,17,20H,10-11,18H2,1-2H3. The summed E-state index contributed by atoms with van der Waals surface area (Å²) in [5.41, 5.74) is 6.60. The second-order valence-corrected chi connectivity index (χ2v) is 5.40. The maximum absolute atomic E-state index is 5.70. The van der Waals surface area contributed by atoms with Crippen LogP contribution in [0.3, 0.4) is 0 Å². The summed E-state index contributed by atoms with van der Waals surface area (Å²) in [6.07, 6.45) is 3.69. The topological polar surface area (TPSA) is 50.9 Å². The molecule has 3 heteroatoms. The molecule has 0 saturated carbocycles. The van der Waals surface area contributed by atoms with Gasteiger partial charge in [-0.3, -0.25) is 16.3 Å². The minimum absolute atomic E-state index is 0.165. The fourth-order valence-corrected chi connectivity index (χ4v) is 2.30. The molecule has 0 bridgehead atoms.